The number of fused-ring (bicyclic) bond motifs is 1. The fourth-order valence-electron chi connectivity index (χ4n) is 2.88. The second kappa shape index (κ2) is 7.34. The third kappa shape index (κ3) is 3.42. The van der Waals surface area contributed by atoms with Crippen LogP contribution in [-0.4, -0.2) is 24.5 Å². The molecule has 6 nitrogen and oxygen atoms in total. The number of nitrogens with zero attached hydrogens (tertiary/aromatic N) is 1. The highest BCUT2D eigenvalue weighted by Gasteiger charge is 2.18. The van der Waals surface area contributed by atoms with Crippen LogP contribution in [0.1, 0.15) is 15.9 Å². The molecule has 0 saturated carbocycles. The molecule has 0 bridgehead atoms. The Morgan fingerprint density at radius 3 is 2.68 bits per heavy atom. The quantitative estimate of drug-likeness (QED) is 0.347. The van der Waals surface area contributed by atoms with Crippen molar-refractivity contribution in [1.82, 2.24) is 9.97 Å². The van der Waals surface area contributed by atoms with Gasteiger partial charge in [0.25, 0.3) is 0 Å². The molecule has 8 heteroatoms. The van der Waals surface area contributed by atoms with Crippen LogP contribution in [0.25, 0.3) is 11.0 Å². The van der Waals surface area contributed by atoms with Crippen LogP contribution < -0.4 is 5.32 Å². The van der Waals surface area contributed by atoms with E-state index in [0.29, 0.717) is 28.1 Å². The predicted octanol–water partition coefficient (Wildman–Crippen LogP) is 4.26. The topological polar surface area (TPSA) is 95.1 Å². The summed E-state index contributed by atoms with van der Waals surface area (Å²) < 4.78 is 34.3. The summed E-state index contributed by atoms with van der Waals surface area (Å²) in [5, 5.41) is 3.62. The van der Waals surface area contributed by atoms with Crippen molar-refractivity contribution in [3.8, 4) is 0 Å². The molecule has 0 fully saturated rings. The monoisotopic (exact) mass is 395 g/mol. The van der Waals surface area contributed by atoms with E-state index in [1.165, 1.54) is 24.4 Å². The molecule has 0 aliphatic rings. The minimum Gasteiger partial charge on any atom is -0.345 e. The molecule has 0 saturated heterocycles. The van der Waals surface area contributed by atoms with Crippen molar-refractivity contribution in [2.75, 3.05) is 5.32 Å². The number of halogens is 1. The highest BCUT2D eigenvalue weighted by Crippen LogP contribution is 2.24. The fourth-order valence-corrected chi connectivity index (χ4v) is 3.31. The second-order valence-electron chi connectivity index (χ2n) is 6.01. The molecule has 4 rings (SSSR count). The van der Waals surface area contributed by atoms with E-state index in [2.05, 4.69) is 15.3 Å². The molecule has 0 aliphatic carbocycles. The second-order valence-corrected chi connectivity index (χ2v) is 6.98. The maximum atomic E-state index is 13.9. The van der Waals surface area contributed by atoms with E-state index in [1.54, 1.807) is 42.5 Å². The van der Waals surface area contributed by atoms with Crippen LogP contribution >= 0.6 is 0 Å². The number of rotatable bonds is 5. The van der Waals surface area contributed by atoms with Gasteiger partial charge in [-0.1, -0.05) is 18.2 Å². The van der Waals surface area contributed by atoms with Gasteiger partial charge in [-0.25, -0.2) is 13.6 Å². The molecule has 2 aromatic heterocycles. The fraction of sp³-hybridized carbons (Fsp3) is 0. The maximum absolute atomic E-state index is 13.9. The molecule has 0 spiro atoms. The Kier molecular flexibility index (Phi) is 4.72. The predicted molar refractivity (Wildman–Crippen MR) is 105 cm³/mol. The lowest BCUT2D eigenvalue weighted by atomic mass is 10.0. The average Bonchev–Trinajstić information content (AvgIpc) is 3.11. The molecule has 0 radical (unpaired) electrons. The Hall–Kier alpha value is -3.36. The van der Waals surface area contributed by atoms with E-state index in [1.807, 2.05) is 0 Å². The number of ketones is 1. The van der Waals surface area contributed by atoms with Crippen LogP contribution in [0.5, 0.6) is 0 Å². The van der Waals surface area contributed by atoms with E-state index in [4.69, 9.17) is 0 Å². The lowest BCUT2D eigenvalue weighted by molar-refractivity contribution is 0.103. The number of carbonyl (C=O) groups excluding carboxylic acids is 1. The Bertz CT molecular complexity index is 1220. The Morgan fingerprint density at radius 2 is 1.89 bits per heavy atom. The van der Waals surface area contributed by atoms with E-state index in [9.17, 15) is 17.9 Å². The summed E-state index contributed by atoms with van der Waals surface area (Å²) in [4.78, 5) is 20.3. The third-order valence-electron chi connectivity index (χ3n) is 4.21. The van der Waals surface area contributed by atoms with Crippen LogP contribution in [0.3, 0.4) is 0 Å². The van der Waals surface area contributed by atoms with E-state index in [-0.39, 0.29) is 10.5 Å². The highest BCUT2D eigenvalue weighted by atomic mass is 32.2. The number of carbonyl (C=O) groups is 1. The zero-order valence-electron chi connectivity index (χ0n) is 14.3. The van der Waals surface area contributed by atoms with Gasteiger partial charge in [0, 0.05) is 22.8 Å². The van der Waals surface area contributed by atoms with Crippen molar-refractivity contribution >= 4 is 39.4 Å². The summed E-state index contributed by atoms with van der Waals surface area (Å²) in [6, 6.07) is 15.7. The van der Waals surface area contributed by atoms with Gasteiger partial charge in [-0.3, -0.25) is 4.79 Å². The first-order valence-electron chi connectivity index (χ1n) is 8.28. The Labute approximate surface area is 161 Å². The lowest BCUT2D eigenvalue weighted by Crippen LogP contribution is -2.03. The number of hydrogen-bond donors (Lipinski definition) is 3. The average molecular weight is 395 g/mol. The van der Waals surface area contributed by atoms with Gasteiger partial charge in [0.05, 0.1) is 10.5 Å². The smallest absolute Gasteiger partial charge is 0.198 e. The van der Waals surface area contributed by atoms with Crippen LogP contribution in [0.4, 0.5) is 15.9 Å². The first kappa shape index (κ1) is 18.0. The highest BCUT2D eigenvalue weighted by molar-refractivity contribution is 7.79. The number of aromatic nitrogens is 2. The van der Waals surface area contributed by atoms with Crippen LogP contribution in [-0.2, 0) is 11.1 Å². The number of benzene rings is 2. The molecule has 4 aromatic rings. The molecule has 2 aromatic carbocycles. The molecular formula is C20H14FN3O3S. The summed E-state index contributed by atoms with van der Waals surface area (Å²) in [5.74, 6) is -0.514. The van der Waals surface area contributed by atoms with Gasteiger partial charge in [0.15, 0.2) is 16.9 Å². The van der Waals surface area contributed by atoms with Crippen LogP contribution in [0.15, 0.2) is 71.8 Å². The standard InChI is InChI=1S/C20H14FN3O3S/c21-17-7-2-1-6-15(17)19(25)16-11-22-20-14(16)8-9-18(24-20)23-12-4-3-5-13(10-12)28(26)27/h1-11H,(H,26,27)(H2,22,23,24). The molecule has 1 unspecified atom stereocenters. The summed E-state index contributed by atoms with van der Waals surface area (Å²) in [6.45, 7) is 0. The first-order chi connectivity index (χ1) is 13.5. The van der Waals surface area contributed by atoms with Crippen molar-refractivity contribution in [2.24, 2.45) is 0 Å². The number of nitrogens with one attached hydrogen (secondary N) is 2. The maximum Gasteiger partial charge on any atom is 0.198 e. The molecule has 0 amide bonds. The first-order valence-corrected chi connectivity index (χ1v) is 9.39. The number of aromatic amines is 1. The van der Waals surface area contributed by atoms with Gasteiger partial charge in [-0.05, 0) is 42.5 Å². The number of pyridine rings is 1. The van der Waals surface area contributed by atoms with Crippen LogP contribution in [0, 0.1) is 5.82 Å². The SMILES string of the molecule is O=C(c1ccccc1F)c1c[nH]c2nc(Nc3cccc(S(=O)O)c3)ccc12. The van der Waals surface area contributed by atoms with Gasteiger partial charge >= 0.3 is 0 Å². The van der Waals surface area contributed by atoms with Crippen LogP contribution in [0.2, 0.25) is 0 Å². The lowest BCUT2D eigenvalue weighted by Gasteiger charge is -2.07. The largest absolute Gasteiger partial charge is 0.345 e. The minimum absolute atomic E-state index is 0.000537. The zero-order valence-corrected chi connectivity index (χ0v) is 15.2. The summed E-state index contributed by atoms with van der Waals surface area (Å²) >= 11 is -2.08. The van der Waals surface area contributed by atoms with E-state index in [0.717, 1.165) is 0 Å². The summed E-state index contributed by atoms with van der Waals surface area (Å²) in [5.41, 5.74) is 1.39. The van der Waals surface area contributed by atoms with E-state index < -0.39 is 22.7 Å². The Balaban J connectivity index is 1.65. The summed E-state index contributed by atoms with van der Waals surface area (Å²) in [7, 11) is 0. The van der Waals surface area contributed by atoms with Crippen molar-refractivity contribution in [2.45, 2.75) is 4.90 Å². The zero-order chi connectivity index (χ0) is 19.7. The number of H-pyrrole nitrogens is 1. The number of anilines is 2. The molecule has 0 aliphatic heterocycles. The molecular weight excluding hydrogens is 381 g/mol. The van der Waals surface area contributed by atoms with Gasteiger partial charge in [-0.2, -0.15) is 0 Å². The molecule has 1 atom stereocenters. The Morgan fingerprint density at radius 1 is 1.07 bits per heavy atom. The normalized spacial score (nSPS) is 12.1. The molecule has 2 heterocycles. The minimum atomic E-state index is -2.08. The van der Waals surface area contributed by atoms with Crippen molar-refractivity contribution in [3.05, 3.63) is 83.8 Å². The van der Waals surface area contributed by atoms with Gasteiger partial charge in [-0.15, -0.1) is 0 Å². The van der Waals surface area contributed by atoms with Gasteiger partial charge in [0.1, 0.15) is 17.3 Å². The van der Waals surface area contributed by atoms with Crippen molar-refractivity contribution in [1.29, 1.82) is 0 Å². The van der Waals surface area contributed by atoms with Gasteiger partial charge < -0.3 is 14.9 Å². The summed E-state index contributed by atoms with van der Waals surface area (Å²) in [6.07, 6.45) is 1.51. The molecule has 140 valence electrons. The van der Waals surface area contributed by atoms with Gasteiger partial charge in [0.2, 0.25) is 0 Å². The van der Waals surface area contributed by atoms with Crippen molar-refractivity contribution in [3.63, 3.8) is 0 Å². The molecule has 28 heavy (non-hydrogen) atoms. The molecule has 3 N–H and O–H groups in total. The van der Waals surface area contributed by atoms with E-state index >= 15 is 0 Å². The third-order valence-corrected chi connectivity index (χ3v) is 4.87. The van der Waals surface area contributed by atoms with Crippen molar-refractivity contribution < 1.29 is 17.9 Å². The number of hydrogen-bond acceptors (Lipinski definition) is 4.